The third kappa shape index (κ3) is 4.23. The van der Waals surface area contributed by atoms with Gasteiger partial charge in [-0.15, -0.1) is 0 Å². The number of amides is 1. The first-order valence-corrected chi connectivity index (χ1v) is 7.01. The molecule has 1 unspecified atom stereocenters. The highest BCUT2D eigenvalue weighted by Crippen LogP contribution is 2.29. The van der Waals surface area contributed by atoms with Crippen LogP contribution in [0.3, 0.4) is 0 Å². The molecule has 3 N–H and O–H groups in total. The van der Waals surface area contributed by atoms with Gasteiger partial charge in [0.1, 0.15) is 0 Å². The smallest absolute Gasteiger partial charge is 0.262 e. The number of nitrogens with one attached hydrogen (secondary N) is 1. The minimum Gasteiger partial charge on any atom is -0.493 e. The van der Waals surface area contributed by atoms with Crippen LogP contribution in [-0.2, 0) is 4.79 Å². The summed E-state index contributed by atoms with van der Waals surface area (Å²) in [4.78, 5) is 11.9. The number of hydrogen-bond acceptors (Lipinski definition) is 4. The van der Waals surface area contributed by atoms with Crippen molar-refractivity contribution >= 4 is 11.6 Å². The van der Waals surface area contributed by atoms with Crippen molar-refractivity contribution in [1.82, 2.24) is 0 Å². The van der Waals surface area contributed by atoms with Gasteiger partial charge in [-0.25, -0.2) is 0 Å². The molecule has 2 rings (SSSR count). The predicted octanol–water partition coefficient (Wildman–Crippen LogP) is 2.73. The summed E-state index contributed by atoms with van der Waals surface area (Å²) in [7, 11) is 1.55. The van der Waals surface area contributed by atoms with Crippen molar-refractivity contribution in [3.8, 4) is 11.5 Å². The Morgan fingerprint density at radius 1 is 1.18 bits per heavy atom. The van der Waals surface area contributed by atoms with Gasteiger partial charge in [0.25, 0.3) is 5.91 Å². The highest BCUT2D eigenvalue weighted by Gasteiger charge is 2.10. The highest BCUT2D eigenvalue weighted by molar-refractivity contribution is 5.91. The molecule has 0 aliphatic carbocycles. The Morgan fingerprint density at radius 2 is 1.91 bits per heavy atom. The lowest BCUT2D eigenvalue weighted by atomic mass is 10.1. The maximum absolute atomic E-state index is 11.9. The van der Waals surface area contributed by atoms with E-state index in [9.17, 15) is 4.79 Å². The molecule has 2 aromatic carbocycles. The van der Waals surface area contributed by atoms with Crippen LogP contribution in [0.15, 0.2) is 48.5 Å². The van der Waals surface area contributed by atoms with Gasteiger partial charge in [-0.3, -0.25) is 4.79 Å². The second kappa shape index (κ2) is 7.47. The van der Waals surface area contributed by atoms with Crippen LogP contribution in [-0.4, -0.2) is 19.6 Å². The number of nitrogens with two attached hydrogens (primary N) is 1. The maximum atomic E-state index is 11.9. The zero-order chi connectivity index (χ0) is 15.9. The third-order valence-corrected chi connectivity index (χ3v) is 3.13. The minimum atomic E-state index is -0.232. The fourth-order valence-corrected chi connectivity index (χ4v) is 1.95. The Bertz CT molecular complexity index is 627. The van der Waals surface area contributed by atoms with Crippen molar-refractivity contribution in [2.45, 2.75) is 13.0 Å². The molecule has 22 heavy (non-hydrogen) atoms. The SMILES string of the molecule is COc1cc(C(C)N)ccc1OCC(=O)Nc1ccccc1. The van der Waals surface area contributed by atoms with Crippen molar-refractivity contribution in [1.29, 1.82) is 0 Å². The number of carbonyl (C=O) groups excluding carboxylic acids is 1. The molecular formula is C17H20N2O3. The summed E-state index contributed by atoms with van der Waals surface area (Å²) >= 11 is 0. The summed E-state index contributed by atoms with van der Waals surface area (Å²) < 4.78 is 10.8. The van der Waals surface area contributed by atoms with Gasteiger partial charge in [0.15, 0.2) is 18.1 Å². The van der Waals surface area contributed by atoms with E-state index < -0.39 is 0 Å². The Labute approximate surface area is 130 Å². The summed E-state index contributed by atoms with van der Waals surface area (Å²) in [5, 5.41) is 2.75. The summed E-state index contributed by atoms with van der Waals surface area (Å²) in [5.41, 5.74) is 7.51. The molecule has 0 radical (unpaired) electrons. The van der Waals surface area contributed by atoms with Crippen molar-refractivity contribution in [3.63, 3.8) is 0 Å². The van der Waals surface area contributed by atoms with Crippen molar-refractivity contribution in [2.24, 2.45) is 5.73 Å². The fourth-order valence-electron chi connectivity index (χ4n) is 1.95. The molecule has 0 aliphatic heterocycles. The summed E-state index contributed by atoms with van der Waals surface area (Å²) in [6, 6.07) is 14.6. The maximum Gasteiger partial charge on any atom is 0.262 e. The average Bonchev–Trinajstić information content (AvgIpc) is 2.53. The number of hydrogen-bond donors (Lipinski definition) is 2. The number of anilines is 1. The van der Waals surface area contributed by atoms with Gasteiger partial charge in [0.2, 0.25) is 0 Å². The molecule has 0 aliphatic rings. The van der Waals surface area contributed by atoms with E-state index in [1.54, 1.807) is 13.2 Å². The van der Waals surface area contributed by atoms with Crippen molar-refractivity contribution < 1.29 is 14.3 Å². The zero-order valence-electron chi connectivity index (χ0n) is 12.7. The van der Waals surface area contributed by atoms with Crippen LogP contribution in [0.1, 0.15) is 18.5 Å². The minimum absolute atomic E-state index is 0.0932. The first kappa shape index (κ1) is 15.9. The number of methoxy groups -OCH3 is 1. The van der Waals surface area contributed by atoms with Crippen LogP contribution < -0.4 is 20.5 Å². The zero-order valence-corrected chi connectivity index (χ0v) is 12.7. The Kier molecular flexibility index (Phi) is 5.38. The standard InChI is InChI=1S/C17H20N2O3/c1-12(18)13-8-9-15(16(10-13)21-2)22-11-17(20)19-14-6-4-3-5-7-14/h3-10,12H,11,18H2,1-2H3,(H,19,20). The molecule has 5 nitrogen and oxygen atoms in total. The second-order valence-electron chi connectivity index (χ2n) is 4.90. The van der Waals surface area contributed by atoms with Gasteiger partial charge in [0, 0.05) is 11.7 Å². The molecule has 2 aromatic rings. The molecule has 1 amide bonds. The molecular weight excluding hydrogens is 280 g/mol. The lowest BCUT2D eigenvalue weighted by Crippen LogP contribution is -2.20. The molecule has 0 aromatic heterocycles. The summed E-state index contributed by atoms with van der Waals surface area (Å²) in [6.07, 6.45) is 0. The number of ether oxygens (including phenoxy) is 2. The van der Waals surface area contributed by atoms with Gasteiger partial charge < -0.3 is 20.5 Å². The largest absolute Gasteiger partial charge is 0.493 e. The summed E-state index contributed by atoms with van der Waals surface area (Å²) in [5.74, 6) is 0.835. The molecule has 0 bridgehead atoms. The van der Waals surface area contributed by atoms with Crippen LogP contribution in [0.5, 0.6) is 11.5 Å². The molecule has 5 heteroatoms. The van der Waals surface area contributed by atoms with Crippen LogP contribution in [0.25, 0.3) is 0 Å². The third-order valence-electron chi connectivity index (χ3n) is 3.13. The molecule has 116 valence electrons. The van der Waals surface area contributed by atoms with E-state index >= 15 is 0 Å². The van der Waals surface area contributed by atoms with E-state index in [1.165, 1.54) is 0 Å². The van der Waals surface area contributed by atoms with Crippen molar-refractivity contribution in [2.75, 3.05) is 19.0 Å². The molecule has 1 atom stereocenters. The van der Waals surface area contributed by atoms with E-state index in [0.717, 1.165) is 11.3 Å². The number of rotatable bonds is 6. The quantitative estimate of drug-likeness (QED) is 0.860. The molecule has 0 heterocycles. The normalized spacial score (nSPS) is 11.6. The highest BCUT2D eigenvalue weighted by atomic mass is 16.5. The second-order valence-corrected chi connectivity index (χ2v) is 4.90. The van der Waals surface area contributed by atoms with Gasteiger partial charge in [-0.05, 0) is 36.8 Å². The number of benzene rings is 2. The van der Waals surface area contributed by atoms with Gasteiger partial charge in [0.05, 0.1) is 7.11 Å². The van der Waals surface area contributed by atoms with Crippen LogP contribution >= 0.6 is 0 Å². The van der Waals surface area contributed by atoms with E-state index in [-0.39, 0.29) is 18.6 Å². The van der Waals surface area contributed by atoms with Crippen molar-refractivity contribution in [3.05, 3.63) is 54.1 Å². The Morgan fingerprint density at radius 3 is 2.55 bits per heavy atom. The molecule has 0 saturated heterocycles. The monoisotopic (exact) mass is 300 g/mol. The Hall–Kier alpha value is -2.53. The van der Waals surface area contributed by atoms with E-state index in [2.05, 4.69) is 5.32 Å². The number of carbonyl (C=O) groups is 1. The fraction of sp³-hybridized carbons (Fsp3) is 0.235. The van der Waals surface area contributed by atoms with Gasteiger partial charge in [-0.1, -0.05) is 24.3 Å². The molecule has 0 saturated carbocycles. The summed E-state index contributed by atoms with van der Waals surface area (Å²) in [6.45, 7) is 1.80. The molecule has 0 fully saturated rings. The van der Waals surface area contributed by atoms with E-state index in [4.69, 9.17) is 15.2 Å². The van der Waals surface area contributed by atoms with Crippen LogP contribution in [0.4, 0.5) is 5.69 Å². The first-order valence-electron chi connectivity index (χ1n) is 7.01. The lowest BCUT2D eigenvalue weighted by Gasteiger charge is -2.13. The van der Waals surface area contributed by atoms with Gasteiger partial charge >= 0.3 is 0 Å². The lowest BCUT2D eigenvalue weighted by molar-refractivity contribution is -0.118. The Balaban J connectivity index is 1.97. The van der Waals surface area contributed by atoms with Crippen LogP contribution in [0, 0.1) is 0 Å². The average molecular weight is 300 g/mol. The predicted molar refractivity (Wildman–Crippen MR) is 86.2 cm³/mol. The van der Waals surface area contributed by atoms with Crippen LogP contribution in [0.2, 0.25) is 0 Å². The van der Waals surface area contributed by atoms with E-state index in [1.807, 2.05) is 49.4 Å². The number of para-hydroxylation sites is 1. The van der Waals surface area contributed by atoms with Gasteiger partial charge in [-0.2, -0.15) is 0 Å². The first-order chi connectivity index (χ1) is 10.6. The van der Waals surface area contributed by atoms with E-state index in [0.29, 0.717) is 11.5 Å². The topological polar surface area (TPSA) is 73.6 Å². The molecule has 0 spiro atoms.